The number of hydrogen-bond acceptors (Lipinski definition) is 0. The Bertz CT molecular complexity index is 285. The van der Waals surface area contributed by atoms with Crippen LogP contribution in [0, 0.1) is 13.8 Å². The van der Waals surface area contributed by atoms with Gasteiger partial charge >= 0.3 is 0 Å². The molecule has 1 heteroatoms. The van der Waals surface area contributed by atoms with Crippen molar-refractivity contribution >= 4 is 11.6 Å². The van der Waals surface area contributed by atoms with Crippen LogP contribution in [0.4, 0.5) is 0 Å². The molecule has 0 fully saturated rings. The average molecular weight is 227 g/mol. The highest BCUT2D eigenvalue weighted by Gasteiger charge is 2.08. The highest BCUT2D eigenvalue weighted by Crippen LogP contribution is 2.26. The Balaban J connectivity index is 0.000000921. The summed E-state index contributed by atoms with van der Waals surface area (Å²) in [6.07, 6.45) is 2.12. The van der Waals surface area contributed by atoms with E-state index in [0.29, 0.717) is 0 Å². The number of aryl methyl sites for hydroxylation is 1. The minimum Gasteiger partial charge on any atom is -0.0840 e. The minimum atomic E-state index is 0.926. The van der Waals surface area contributed by atoms with Crippen LogP contribution in [0.15, 0.2) is 6.07 Å². The largest absolute Gasteiger partial charge is 0.0840 e. The Morgan fingerprint density at radius 2 is 1.47 bits per heavy atom. The fourth-order valence-electron chi connectivity index (χ4n) is 2.00. The van der Waals surface area contributed by atoms with Crippen molar-refractivity contribution in [3.8, 4) is 0 Å². The Kier molecular flexibility index (Phi) is 6.67. The molecule has 0 saturated heterocycles. The Morgan fingerprint density at radius 3 is 1.87 bits per heavy atom. The van der Waals surface area contributed by atoms with Crippen LogP contribution >= 0.6 is 11.6 Å². The smallest absolute Gasteiger partial charge is 0.0443 e. The lowest BCUT2D eigenvalue weighted by molar-refractivity contribution is 1.03. The van der Waals surface area contributed by atoms with Gasteiger partial charge in [0.05, 0.1) is 0 Å². The molecule has 1 aromatic rings. The summed E-state index contributed by atoms with van der Waals surface area (Å²) >= 11 is 6.16. The number of hydrogen-bond donors (Lipinski definition) is 0. The average Bonchev–Trinajstić information content (AvgIpc) is 2.21. The van der Waals surface area contributed by atoms with Gasteiger partial charge in [0.2, 0.25) is 0 Å². The van der Waals surface area contributed by atoms with Gasteiger partial charge in [0.25, 0.3) is 0 Å². The van der Waals surface area contributed by atoms with Crippen LogP contribution in [0.3, 0.4) is 0 Å². The second-order valence-electron chi connectivity index (χ2n) is 3.46. The fraction of sp³-hybridized carbons (Fsp3) is 0.571. The van der Waals surface area contributed by atoms with Crippen molar-refractivity contribution in [3.05, 3.63) is 33.3 Å². The molecule has 0 aliphatic heterocycles. The van der Waals surface area contributed by atoms with Crippen molar-refractivity contribution in [1.82, 2.24) is 0 Å². The lowest BCUT2D eigenvalue weighted by atomic mass is 9.95. The van der Waals surface area contributed by atoms with Crippen LogP contribution in [0.2, 0.25) is 5.02 Å². The Hall–Kier alpha value is -0.490. The van der Waals surface area contributed by atoms with Crippen LogP contribution < -0.4 is 0 Å². The summed E-state index contributed by atoms with van der Waals surface area (Å²) < 4.78 is 0. The predicted molar refractivity (Wildman–Crippen MR) is 71.0 cm³/mol. The van der Waals surface area contributed by atoms with Crippen molar-refractivity contribution in [1.29, 1.82) is 0 Å². The van der Waals surface area contributed by atoms with E-state index in [2.05, 4.69) is 33.8 Å². The molecule has 0 heterocycles. The Labute approximate surface area is 99.7 Å². The van der Waals surface area contributed by atoms with E-state index >= 15 is 0 Å². The van der Waals surface area contributed by atoms with Gasteiger partial charge in [0.15, 0.2) is 0 Å². The number of rotatable bonds is 2. The summed E-state index contributed by atoms with van der Waals surface area (Å²) in [4.78, 5) is 0. The van der Waals surface area contributed by atoms with Gasteiger partial charge in [0.1, 0.15) is 0 Å². The SMILES string of the molecule is CC.CCc1c(C)cc(Cl)c(CC)c1C. The molecule has 0 amide bonds. The summed E-state index contributed by atoms with van der Waals surface area (Å²) in [6, 6.07) is 2.09. The molecule has 0 saturated carbocycles. The second kappa shape index (κ2) is 6.90. The van der Waals surface area contributed by atoms with Crippen molar-refractivity contribution in [2.45, 2.75) is 54.4 Å². The molecule has 86 valence electrons. The molecule has 15 heavy (non-hydrogen) atoms. The van der Waals surface area contributed by atoms with Crippen molar-refractivity contribution in [3.63, 3.8) is 0 Å². The zero-order valence-corrected chi connectivity index (χ0v) is 11.6. The lowest BCUT2D eigenvalue weighted by Crippen LogP contribution is -1.97. The van der Waals surface area contributed by atoms with Gasteiger partial charge in [-0.25, -0.2) is 0 Å². The summed E-state index contributed by atoms with van der Waals surface area (Å²) in [7, 11) is 0. The standard InChI is InChI=1S/C12H17Cl.C2H6/c1-5-10-8(3)7-12(13)11(6-2)9(10)4;1-2/h7H,5-6H2,1-4H3;1-2H3. The predicted octanol–water partition coefficient (Wildman–Crippen LogP) is 5.11. The zero-order chi connectivity index (χ0) is 12.0. The molecule has 1 rings (SSSR count). The van der Waals surface area contributed by atoms with E-state index in [1.54, 1.807) is 0 Å². The first-order valence-corrected chi connectivity index (χ1v) is 6.27. The van der Waals surface area contributed by atoms with Crippen molar-refractivity contribution in [2.75, 3.05) is 0 Å². The molecule has 0 aliphatic carbocycles. The van der Waals surface area contributed by atoms with E-state index in [0.717, 1.165) is 17.9 Å². The van der Waals surface area contributed by atoms with Crippen LogP contribution in [-0.4, -0.2) is 0 Å². The maximum atomic E-state index is 6.16. The van der Waals surface area contributed by atoms with Crippen LogP contribution in [0.25, 0.3) is 0 Å². The number of benzene rings is 1. The molecule has 0 aliphatic rings. The highest BCUT2D eigenvalue weighted by molar-refractivity contribution is 6.31. The monoisotopic (exact) mass is 226 g/mol. The van der Waals surface area contributed by atoms with Gasteiger partial charge in [0, 0.05) is 5.02 Å². The van der Waals surface area contributed by atoms with E-state index in [1.807, 2.05) is 13.8 Å². The molecule has 0 spiro atoms. The summed E-state index contributed by atoms with van der Waals surface area (Å²) in [5, 5.41) is 0.926. The third-order valence-electron chi connectivity index (χ3n) is 2.72. The third kappa shape index (κ3) is 3.24. The molecule has 0 N–H and O–H groups in total. The molecular formula is C14H23Cl. The number of halogens is 1. The molecule has 0 unspecified atom stereocenters. The normalized spacial score (nSPS) is 9.53. The van der Waals surface area contributed by atoms with Gasteiger partial charge in [-0.1, -0.05) is 39.3 Å². The first-order valence-electron chi connectivity index (χ1n) is 5.89. The van der Waals surface area contributed by atoms with Crippen LogP contribution in [0.1, 0.15) is 49.9 Å². The van der Waals surface area contributed by atoms with E-state index < -0.39 is 0 Å². The fourth-order valence-corrected chi connectivity index (χ4v) is 2.44. The molecule has 0 atom stereocenters. The van der Waals surface area contributed by atoms with Crippen LogP contribution in [-0.2, 0) is 12.8 Å². The summed E-state index contributed by atoms with van der Waals surface area (Å²) in [5.74, 6) is 0. The Morgan fingerprint density at radius 1 is 1.00 bits per heavy atom. The third-order valence-corrected chi connectivity index (χ3v) is 3.06. The lowest BCUT2D eigenvalue weighted by Gasteiger charge is -2.13. The topological polar surface area (TPSA) is 0 Å². The van der Waals surface area contributed by atoms with Crippen molar-refractivity contribution in [2.24, 2.45) is 0 Å². The minimum absolute atomic E-state index is 0.926. The summed E-state index contributed by atoms with van der Waals surface area (Å²) in [6.45, 7) is 12.7. The molecular weight excluding hydrogens is 204 g/mol. The molecule has 0 nitrogen and oxygen atoms in total. The molecule has 0 aromatic heterocycles. The van der Waals surface area contributed by atoms with E-state index in [4.69, 9.17) is 11.6 Å². The maximum absolute atomic E-state index is 6.16. The first-order chi connectivity index (χ1) is 7.11. The van der Waals surface area contributed by atoms with Crippen LogP contribution in [0.5, 0.6) is 0 Å². The van der Waals surface area contributed by atoms with Gasteiger partial charge in [-0.15, -0.1) is 0 Å². The highest BCUT2D eigenvalue weighted by atomic mass is 35.5. The summed E-state index contributed by atoms with van der Waals surface area (Å²) in [5.41, 5.74) is 5.47. The van der Waals surface area contributed by atoms with E-state index in [-0.39, 0.29) is 0 Å². The first kappa shape index (κ1) is 14.5. The van der Waals surface area contributed by atoms with E-state index in [9.17, 15) is 0 Å². The van der Waals surface area contributed by atoms with Gasteiger partial charge in [-0.3, -0.25) is 0 Å². The molecule has 0 radical (unpaired) electrons. The maximum Gasteiger partial charge on any atom is 0.0443 e. The van der Waals surface area contributed by atoms with Gasteiger partial charge in [-0.2, -0.15) is 0 Å². The quantitative estimate of drug-likeness (QED) is 0.658. The van der Waals surface area contributed by atoms with E-state index in [1.165, 1.54) is 22.3 Å². The second-order valence-corrected chi connectivity index (χ2v) is 3.87. The molecule has 1 aromatic carbocycles. The van der Waals surface area contributed by atoms with Gasteiger partial charge in [-0.05, 0) is 55.0 Å². The zero-order valence-electron chi connectivity index (χ0n) is 10.9. The van der Waals surface area contributed by atoms with Crippen molar-refractivity contribution < 1.29 is 0 Å². The molecule has 0 bridgehead atoms. The van der Waals surface area contributed by atoms with Gasteiger partial charge < -0.3 is 0 Å².